The van der Waals surface area contributed by atoms with Crippen molar-refractivity contribution >= 4 is 11.6 Å². The van der Waals surface area contributed by atoms with E-state index in [1.807, 2.05) is 6.92 Å². The second kappa shape index (κ2) is 5.60. The second-order valence-corrected chi connectivity index (χ2v) is 4.30. The van der Waals surface area contributed by atoms with E-state index >= 15 is 0 Å². The molecule has 0 aliphatic heterocycles. The van der Waals surface area contributed by atoms with Gasteiger partial charge < -0.3 is 0 Å². The Balaban J connectivity index is 2.72. The first-order valence-corrected chi connectivity index (χ1v) is 5.70. The van der Waals surface area contributed by atoms with Gasteiger partial charge in [-0.3, -0.25) is 4.90 Å². The van der Waals surface area contributed by atoms with Crippen LogP contribution in [0.1, 0.15) is 12.5 Å². The highest BCUT2D eigenvalue weighted by Gasteiger charge is 2.33. The van der Waals surface area contributed by atoms with Crippen LogP contribution in [-0.2, 0) is 5.92 Å². The molecule has 0 radical (unpaired) electrons. The largest absolute Gasteiger partial charge is 0.296 e. The molecule has 1 nitrogen and oxygen atoms in total. The first-order valence-electron chi connectivity index (χ1n) is 5.17. The predicted octanol–water partition coefficient (Wildman–Crippen LogP) is 3.34. The summed E-state index contributed by atoms with van der Waals surface area (Å²) in [4.78, 5) is 1.57. The smallest absolute Gasteiger partial charge is 0.285 e. The number of rotatable bonds is 5. The maximum absolute atomic E-state index is 13.8. The molecule has 1 aromatic carbocycles. The lowest BCUT2D eigenvalue weighted by Gasteiger charge is -2.27. The zero-order valence-electron chi connectivity index (χ0n) is 9.46. The van der Waals surface area contributed by atoms with Crippen molar-refractivity contribution in [1.29, 1.82) is 0 Å². The van der Waals surface area contributed by atoms with Gasteiger partial charge in [0, 0.05) is 17.5 Å². The van der Waals surface area contributed by atoms with Crippen molar-refractivity contribution in [2.75, 3.05) is 19.5 Å². The van der Waals surface area contributed by atoms with Crippen molar-refractivity contribution in [1.82, 2.24) is 4.90 Å². The van der Waals surface area contributed by atoms with Crippen LogP contribution in [0.5, 0.6) is 0 Å². The third kappa shape index (κ3) is 3.42. The van der Waals surface area contributed by atoms with Gasteiger partial charge in [0.15, 0.2) is 0 Å². The SMILES string of the molecule is CC(CCl)N(C)CC(F)(F)c1ccccc1. The van der Waals surface area contributed by atoms with Crippen molar-refractivity contribution in [3.63, 3.8) is 0 Å². The van der Waals surface area contributed by atoms with Crippen molar-refractivity contribution < 1.29 is 8.78 Å². The Hall–Kier alpha value is -0.670. The summed E-state index contributed by atoms with van der Waals surface area (Å²) in [7, 11) is 1.66. The normalized spacial score (nSPS) is 14.1. The van der Waals surface area contributed by atoms with Crippen molar-refractivity contribution in [3.8, 4) is 0 Å². The molecule has 0 amide bonds. The zero-order valence-corrected chi connectivity index (χ0v) is 10.2. The van der Waals surface area contributed by atoms with E-state index in [0.29, 0.717) is 5.88 Å². The van der Waals surface area contributed by atoms with Crippen LogP contribution in [0.15, 0.2) is 30.3 Å². The monoisotopic (exact) mass is 247 g/mol. The Morgan fingerprint density at radius 2 is 1.88 bits per heavy atom. The summed E-state index contributed by atoms with van der Waals surface area (Å²) in [5.41, 5.74) is 0.0450. The van der Waals surface area contributed by atoms with Crippen LogP contribution in [0.2, 0.25) is 0 Å². The van der Waals surface area contributed by atoms with Crippen LogP contribution < -0.4 is 0 Å². The maximum Gasteiger partial charge on any atom is 0.285 e. The van der Waals surface area contributed by atoms with E-state index in [1.54, 1.807) is 30.1 Å². The Morgan fingerprint density at radius 3 is 2.38 bits per heavy atom. The number of alkyl halides is 3. The van der Waals surface area contributed by atoms with E-state index in [2.05, 4.69) is 0 Å². The first kappa shape index (κ1) is 13.4. The topological polar surface area (TPSA) is 3.24 Å². The summed E-state index contributed by atoms with van der Waals surface area (Å²) in [6.45, 7) is 1.51. The van der Waals surface area contributed by atoms with Gasteiger partial charge in [0.2, 0.25) is 0 Å². The predicted molar refractivity (Wildman–Crippen MR) is 63.1 cm³/mol. The number of halogens is 3. The summed E-state index contributed by atoms with van der Waals surface area (Å²) in [5, 5.41) is 0. The number of benzene rings is 1. The molecule has 1 unspecified atom stereocenters. The Kier molecular flexibility index (Phi) is 4.69. The average molecular weight is 248 g/mol. The summed E-state index contributed by atoms with van der Waals surface area (Å²) in [5.74, 6) is -2.49. The minimum Gasteiger partial charge on any atom is -0.296 e. The molecule has 0 fully saturated rings. The molecule has 4 heteroatoms. The molecule has 0 N–H and O–H groups in total. The van der Waals surface area contributed by atoms with Crippen LogP contribution in [-0.4, -0.2) is 30.4 Å². The zero-order chi connectivity index (χ0) is 12.2. The molecular formula is C12H16ClF2N. The van der Waals surface area contributed by atoms with Gasteiger partial charge >= 0.3 is 0 Å². The van der Waals surface area contributed by atoms with Crippen LogP contribution in [0, 0.1) is 0 Å². The summed E-state index contributed by atoms with van der Waals surface area (Å²) < 4.78 is 27.6. The second-order valence-electron chi connectivity index (χ2n) is 3.99. The first-order chi connectivity index (χ1) is 7.47. The van der Waals surface area contributed by atoms with E-state index in [-0.39, 0.29) is 18.2 Å². The van der Waals surface area contributed by atoms with Gasteiger partial charge in [0.05, 0.1) is 6.54 Å². The Morgan fingerprint density at radius 1 is 1.31 bits per heavy atom. The van der Waals surface area contributed by atoms with Gasteiger partial charge in [-0.1, -0.05) is 30.3 Å². The van der Waals surface area contributed by atoms with E-state index in [4.69, 9.17) is 11.6 Å². The van der Waals surface area contributed by atoms with Gasteiger partial charge in [0.25, 0.3) is 5.92 Å². The molecule has 0 saturated heterocycles. The number of hydrogen-bond donors (Lipinski definition) is 0. The summed E-state index contributed by atoms with van der Waals surface area (Å²) >= 11 is 5.64. The lowest BCUT2D eigenvalue weighted by Crippen LogP contribution is -2.39. The number of nitrogens with zero attached hydrogens (tertiary/aromatic N) is 1. The summed E-state index contributed by atoms with van der Waals surface area (Å²) in [6.07, 6.45) is 0. The highest BCUT2D eigenvalue weighted by molar-refractivity contribution is 6.18. The van der Waals surface area contributed by atoms with Crippen molar-refractivity contribution in [2.24, 2.45) is 0 Å². The minimum absolute atomic E-state index is 0.0450. The number of likely N-dealkylation sites (N-methyl/N-ethyl adjacent to an activating group) is 1. The van der Waals surface area contributed by atoms with Crippen LogP contribution in [0.4, 0.5) is 8.78 Å². The van der Waals surface area contributed by atoms with E-state index < -0.39 is 5.92 Å². The summed E-state index contributed by atoms with van der Waals surface area (Å²) in [6, 6.07) is 7.79. The molecule has 1 aromatic rings. The van der Waals surface area contributed by atoms with Gasteiger partial charge in [-0.15, -0.1) is 11.6 Å². The fourth-order valence-electron chi connectivity index (χ4n) is 1.36. The van der Waals surface area contributed by atoms with Crippen LogP contribution >= 0.6 is 11.6 Å². The Labute approximate surface area is 100 Å². The third-order valence-electron chi connectivity index (χ3n) is 2.62. The minimum atomic E-state index is -2.84. The molecule has 0 aromatic heterocycles. The highest BCUT2D eigenvalue weighted by atomic mass is 35.5. The van der Waals surface area contributed by atoms with E-state index in [1.165, 1.54) is 12.1 Å². The molecule has 0 bridgehead atoms. The van der Waals surface area contributed by atoms with Gasteiger partial charge in [-0.05, 0) is 14.0 Å². The fourth-order valence-corrected chi connectivity index (χ4v) is 1.60. The lowest BCUT2D eigenvalue weighted by molar-refractivity contribution is -0.0379. The maximum atomic E-state index is 13.8. The van der Waals surface area contributed by atoms with Gasteiger partial charge in [0.1, 0.15) is 0 Å². The fraction of sp³-hybridized carbons (Fsp3) is 0.500. The standard InChI is InChI=1S/C12H16ClF2N/c1-10(8-13)16(2)9-12(14,15)11-6-4-3-5-7-11/h3-7,10H,8-9H2,1-2H3. The molecule has 0 saturated carbocycles. The van der Waals surface area contributed by atoms with Crippen LogP contribution in [0.25, 0.3) is 0 Å². The molecule has 0 spiro atoms. The molecule has 16 heavy (non-hydrogen) atoms. The quantitative estimate of drug-likeness (QED) is 0.722. The molecule has 0 aliphatic rings. The molecule has 1 rings (SSSR count). The Bertz CT molecular complexity index is 316. The molecule has 90 valence electrons. The van der Waals surface area contributed by atoms with Crippen LogP contribution in [0.3, 0.4) is 0 Å². The molecule has 0 heterocycles. The molecular weight excluding hydrogens is 232 g/mol. The third-order valence-corrected chi connectivity index (χ3v) is 3.07. The average Bonchev–Trinajstić information content (AvgIpc) is 2.28. The van der Waals surface area contributed by atoms with Crippen molar-refractivity contribution in [2.45, 2.75) is 18.9 Å². The molecule has 0 aliphatic carbocycles. The number of hydrogen-bond acceptors (Lipinski definition) is 1. The van der Waals surface area contributed by atoms with Crippen molar-refractivity contribution in [3.05, 3.63) is 35.9 Å². The van der Waals surface area contributed by atoms with Gasteiger partial charge in [-0.25, -0.2) is 0 Å². The van der Waals surface area contributed by atoms with E-state index in [9.17, 15) is 8.78 Å². The van der Waals surface area contributed by atoms with Gasteiger partial charge in [-0.2, -0.15) is 8.78 Å². The van der Waals surface area contributed by atoms with E-state index in [0.717, 1.165) is 0 Å². The lowest BCUT2D eigenvalue weighted by atomic mass is 10.1. The molecule has 1 atom stereocenters. The highest BCUT2D eigenvalue weighted by Crippen LogP contribution is 2.28.